The summed E-state index contributed by atoms with van der Waals surface area (Å²) in [5, 5.41) is 0. The predicted molar refractivity (Wildman–Crippen MR) is 57.8 cm³/mol. The lowest BCUT2D eigenvalue weighted by Crippen LogP contribution is -2.41. The lowest BCUT2D eigenvalue weighted by Gasteiger charge is -2.44. The molecule has 0 radical (unpaired) electrons. The summed E-state index contributed by atoms with van der Waals surface area (Å²) >= 11 is 11.3. The summed E-state index contributed by atoms with van der Waals surface area (Å²) in [6, 6.07) is 0. The van der Waals surface area contributed by atoms with Crippen molar-refractivity contribution in [2.75, 3.05) is 24.8 Å². The van der Waals surface area contributed by atoms with Crippen molar-refractivity contribution in [3.05, 3.63) is 0 Å². The van der Waals surface area contributed by atoms with Gasteiger partial charge in [0.05, 0.1) is 0 Å². The molecular formula is C10H15Cl2NO. The zero-order chi connectivity index (χ0) is 10.2. The van der Waals surface area contributed by atoms with Crippen molar-refractivity contribution in [2.24, 2.45) is 11.3 Å². The van der Waals surface area contributed by atoms with Crippen molar-refractivity contribution < 1.29 is 4.79 Å². The minimum absolute atomic E-state index is 0.0814. The molecule has 0 unspecified atom stereocenters. The van der Waals surface area contributed by atoms with Crippen LogP contribution in [0.4, 0.5) is 0 Å². The van der Waals surface area contributed by atoms with Gasteiger partial charge in [0.15, 0.2) is 0 Å². The molecule has 0 N–H and O–H groups in total. The van der Waals surface area contributed by atoms with Gasteiger partial charge in [-0.15, -0.1) is 23.2 Å². The van der Waals surface area contributed by atoms with Crippen LogP contribution in [0.3, 0.4) is 0 Å². The van der Waals surface area contributed by atoms with Crippen LogP contribution in [0.5, 0.6) is 0 Å². The summed E-state index contributed by atoms with van der Waals surface area (Å²) in [6.07, 6.45) is 3.54. The van der Waals surface area contributed by atoms with Crippen LogP contribution in [0.15, 0.2) is 0 Å². The highest BCUT2D eigenvalue weighted by atomic mass is 35.5. The van der Waals surface area contributed by atoms with E-state index in [1.165, 1.54) is 12.8 Å². The molecule has 1 heterocycles. The molecule has 2 fully saturated rings. The first-order chi connectivity index (χ1) is 6.69. The maximum absolute atomic E-state index is 11.4. The van der Waals surface area contributed by atoms with E-state index in [-0.39, 0.29) is 11.8 Å². The highest BCUT2D eigenvalue weighted by Gasteiger charge is 2.48. The molecular weight excluding hydrogens is 221 g/mol. The van der Waals surface area contributed by atoms with Crippen LogP contribution < -0.4 is 0 Å². The molecule has 2 rings (SSSR count). The Bertz CT molecular complexity index is 238. The Balaban J connectivity index is 1.87. The van der Waals surface area contributed by atoms with E-state index in [1.807, 2.05) is 4.90 Å². The average Bonchev–Trinajstić information content (AvgIpc) is 2.58. The van der Waals surface area contributed by atoms with Gasteiger partial charge in [-0.25, -0.2) is 0 Å². The van der Waals surface area contributed by atoms with Gasteiger partial charge >= 0.3 is 0 Å². The minimum atomic E-state index is 0.0814. The fourth-order valence-electron chi connectivity index (χ4n) is 2.84. The molecule has 1 saturated carbocycles. The standard InChI is InChI=1S/C10H15Cl2NO/c11-5-8-3-10(4-8)1-2-13(7-10)9(14)6-12/h8H,1-7H2. The van der Waals surface area contributed by atoms with Gasteiger partial charge in [0, 0.05) is 19.0 Å². The van der Waals surface area contributed by atoms with Crippen LogP contribution in [-0.4, -0.2) is 35.7 Å². The van der Waals surface area contributed by atoms with Crippen molar-refractivity contribution in [1.29, 1.82) is 0 Å². The van der Waals surface area contributed by atoms with Crippen LogP contribution in [0, 0.1) is 11.3 Å². The average molecular weight is 236 g/mol. The SMILES string of the molecule is O=C(CCl)N1CCC2(CC(CCl)C2)C1. The van der Waals surface area contributed by atoms with E-state index in [9.17, 15) is 4.79 Å². The number of likely N-dealkylation sites (tertiary alicyclic amines) is 1. The van der Waals surface area contributed by atoms with E-state index >= 15 is 0 Å². The topological polar surface area (TPSA) is 20.3 Å². The van der Waals surface area contributed by atoms with Gasteiger partial charge in [-0.1, -0.05) is 0 Å². The summed E-state index contributed by atoms with van der Waals surface area (Å²) in [4.78, 5) is 13.3. The summed E-state index contributed by atoms with van der Waals surface area (Å²) in [6.45, 7) is 1.80. The second kappa shape index (κ2) is 3.90. The molecule has 80 valence electrons. The molecule has 1 aliphatic heterocycles. The molecule has 1 amide bonds. The van der Waals surface area contributed by atoms with Crippen molar-refractivity contribution in [3.8, 4) is 0 Å². The van der Waals surface area contributed by atoms with Gasteiger partial charge in [0.25, 0.3) is 0 Å². The third-order valence-electron chi connectivity index (χ3n) is 3.57. The second-order valence-electron chi connectivity index (χ2n) is 4.63. The summed E-state index contributed by atoms with van der Waals surface area (Å²) in [5.41, 5.74) is 0.404. The summed E-state index contributed by atoms with van der Waals surface area (Å²) in [5.74, 6) is 1.65. The first kappa shape index (κ1) is 10.6. The number of hydrogen-bond acceptors (Lipinski definition) is 1. The lowest BCUT2D eigenvalue weighted by atomic mass is 9.62. The van der Waals surface area contributed by atoms with E-state index in [4.69, 9.17) is 23.2 Å². The Kier molecular flexibility index (Phi) is 2.94. The third-order valence-corrected chi connectivity index (χ3v) is 4.23. The quantitative estimate of drug-likeness (QED) is 0.672. The van der Waals surface area contributed by atoms with Crippen LogP contribution in [0.2, 0.25) is 0 Å². The number of nitrogens with zero attached hydrogens (tertiary/aromatic N) is 1. The van der Waals surface area contributed by atoms with E-state index < -0.39 is 0 Å². The van der Waals surface area contributed by atoms with Gasteiger partial charge in [-0.05, 0) is 30.6 Å². The Morgan fingerprint density at radius 2 is 2.14 bits per heavy atom. The maximum Gasteiger partial charge on any atom is 0.237 e. The van der Waals surface area contributed by atoms with E-state index in [2.05, 4.69) is 0 Å². The molecule has 0 atom stereocenters. The van der Waals surface area contributed by atoms with Gasteiger partial charge in [0.2, 0.25) is 5.91 Å². The monoisotopic (exact) mass is 235 g/mol. The van der Waals surface area contributed by atoms with Gasteiger partial charge in [-0.2, -0.15) is 0 Å². The molecule has 2 nitrogen and oxygen atoms in total. The fourth-order valence-corrected chi connectivity index (χ4v) is 3.23. The smallest absolute Gasteiger partial charge is 0.237 e. The lowest BCUT2D eigenvalue weighted by molar-refractivity contribution is -0.128. The largest absolute Gasteiger partial charge is 0.341 e. The predicted octanol–water partition coefficient (Wildman–Crippen LogP) is 2.09. The molecule has 2 aliphatic rings. The summed E-state index contributed by atoms with van der Waals surface area (Å²) in [7, 11) is 0. The van der Waals surface area contributed by atoms with Crippen LogP contribution in [-0.2, 0) is 4.79 Å². The summed E-state index contributed by atoms with van der Waals surface area (Å²) < 4.78 is 0. The molecule has 14 heavy (non-hydrogen) atoms. The Morgan fingerprint density at radius 1 is 1.43 bits per heavy atom. The van der Waals surface area contributed by atoms with Gasteiger partial charge < -0.3 is 4.90 Å². The Labute approximate surface area is 94.5 Å². The van der Waals surface area contributed by atoms with Crippen LogP contribution >= 0.6 is 23.2 Å². The molecule has 0 aromatic heterocycles. The molecule has 1 aliphatic carbocycles. The highest BCUT2D eigenvalue weighted by molar-refractivity contribution is 6.27. The van der Waals surface area contributed by atoms with Crippen molar-refractivity contribution >= 4 is 29.1 Å². The van der Waals surface area contributed by atoms with E-state index in [0.29, 0.717) is 11.3 Å². The second-order valence-corrected chi connectivity index (χ2v) is 5.20. The zero-order valence-electron chi connectivity index (χ0n) is 8.14. The van der Waals surface area contributed by atoms with Crippen molar-refractivity contribution in [3.63, 3.8) is 0 Å². The number of rotatable bonds is 2. The number of carbonyl (C=O) groups excluding carboxylic acids is 1. The van der Waals surface area contributed by atoms with Crippen molar-refractivity contribution in [2.45, 2.75) is 19.3 Å². The van der Waals surface area contributed by atoms with Crippen LogP contribution in [0.1, 0.15) is 19.3 Å². The Hall–Kier alpha value is 0.0500. The first-order valence-corrected chi connectivity index (χ1v) is 6.16. The number of halogens is 2. The zero-order valence-corrected chi connectivity index (χ0v) is 9.65. The number of hydrogen-bond donors (Lipinski definition) is 0. The van der Waals surface area contributed by atoms with Gasteiger partial charge in [-0.3, -0.25) is 4.79 Å². The number of alkyl halides is 2. The third kappa shape index (κ3) is 1.74. The van der Waals surface area contributed by atoms with Gasteiger partial charge in [0.1, 0.15) is 5.88 Å². The molecule has 1 saturated heterocycles. The van der Waals surface area contributed by atoms with Crippen LogP contribution in [0.25, 0.3) is 0 Å². The molecule has 0 aromatic carbocycles. The molecule has 0 bridgehead atoms. The molecule has 4 heteroatoms. The normalized spacial score (nSPS) is 36.1. The fraction of sp³-hybridized carbons (Fsp3) is 0.900. The number of amides is 1. The first-order valence-electron chi connectivity index (χ1n) is 5.09. The van der Waals surface area contributed by atoms with E-state index in [1.54, 1.807) is 0 Å². The van der Waals surface area contributed by atoms with E-state index in [0.717, 1.165) is 25.4 Å². The number of carbonyl (C=O) groups is 1. The Morgan fingerprint density at radius 3 is 2.71 bits per heavy atom. The minimum Gasteiger partial charge on any atom is -0.341 e. The molecule has 0 aromatic rings. The van der Waals surface area contributed by atoms with Crippen molar-refractivity contribution in [1.82, 2.24) is 4.90 Å². The maximum atomic E-state index is 11.4. The molecule has 1 spiro atoms. The highest BCUT2D eigenvalue weighted by Crippen LogP contribution is 2.51.